The summed E-state index contributed by atoms with van der Waals surface area (Å²) in [5, 5.41) is 0. The predicted molar refractivity (Wildman–Crippen MR) is 93.8 cm³/mol. The van der Waals surface area contributed by atoms with Crippen molar-refractivity contribution in [1.82, 2.24) is 14.5 Å². The van der Waals surface area contributed by atoms with Crippen molar-refractivity contribution in [1.29, 1.82) is 0 Å². The van der Waals surface area contributed by atoms with Crippen molar-refractivity contribution in [2.75, 3.05) is 6.54 Å². The lowest BCUT2D eigenvalue weighted by atomic mass is 10.2. The first-order chi connectivity index (χ1) is 10.8. The number of hydrogen-bond donors (Lipinski definition) is 1. The molecule has 0 saturated heterocycles. The molecule has 118 valence electrons. The summed E-state index contributed by atoms with van der Waals surface area (Å²) in [5.74, 6) is 1.59. The van der Waals surface area contributed by atoms with E-state index in [0.29, 0.717) is 12.4 Å². The Bertz CT molecular complexity index is 940. The summed E-state index contributed by atoms with van der Waals surface area (Å²) in [7, 11) is 0. The topological polar surface area (TPSA) is 69.9 Å². The standard InChI is InChI=1S/C17H16N4O.ClH/c1-11-19-14-10-12(6-7-15(14)21(11)9-8-18)17-20-13-4-2-3-5-16(13)22-17;/h2-7,10H,8-9,18H2,1H3;1H. The normalized spacial score (nSPS) is 11.0. The zero-order chi connectivity index (χ0) is 15.1. The van der Waals surface area contributed by atoms with Crippen LogP contribution in [0.1, 0.15) is 5.82 Å². The van der Waals surface area contributed by atoms with Crippen molar-refractivity contribution in [2.24, 2.45) is 5.73 Å². The van der Waals surface area contributed by atoms with E-state index in [0.717, 1.165) is 40.1 Å². The fourth-order valence-corrected chi connectivity index (χ4v) is 2.79. The highest BCUT2D eigenvalue weighted by Crippen LogP contribution is 2.27. The van der Waals surface area contributed by atoms with Crippen molar-refractivity contribution < 1.29 is 4.42 Å². The zero-order valence-corrected chi connectivity index (χ0v) is 13.5. The second kappa shape index (κ2) is 6.02. The van der Waals surface area contributed by atoms with Gasteiger partial charge in [0.1, 0.15) is 11.3 Å². The molecule has 0 atom stereocenters. The molecule has 2 heterocycles. The number of rotatable bonds is 3. The van der Waals surface area contributed by atoms with Crippen molar-refractivity contribution in [3.8, 4) is 11.5 Å². The summed E-state index contributed by atoms with van der Waals surface area (Å²) in [6.45, 7) is 3.36. The second-order valence-corrected chi connectivity index (χ2v) is 5.29. The molecule has 0 radical (unpaired) electrons. The van der Waals surface area contributed by atoms with Crippen LogP contribution in [0.4, 0.5) is 0 Å². The molecule has 23 heavy (non-hydrogen) atoms. The Morgan fingerprint density at radius 2 is 1.91 bits per heavy atom. The van der Waals surface area contributed by atoms with Crippen molar-refractivity contribution in [3.05, 3.63) is 48.3 Å². The molecule has 4 aromatic rings. The smallest absolute Gasteiger partial charge is 0.227 e. The highest BCUT2D eigenvalue weighted by molar-refractivity contribution is 5.85. The summed E-state index contributed by atoms with van der Waals surface area (Å²) >= 11 is 0. The minimum absolute atomic E-state index is 0. The van der Waals surface area contributed by atoms with Gasteiger partial charge in [0.2, 0.25) is 5.89 Å². The first kappa shape index (κ1) is 15.5. The molecule has 2 aromatic carbocycles. The van der Waals surface area contributed by atoms with Gasteiger partial charge in [-0.3, -0.25) is 0 Å². The van der Waals surface area contributed by atoms with E-state index in [-0.39, 0.29) is 12.4 Å². The summed E-state index contributed by atoms with van der Waals surface area (Å²) in [6, 6.07) is 13.8. The number of oxazole rings is 1. The lowest BCUT2D eigenvalue weighted by Gasteiger charge is -2.04. The van der Waals surface area contributed by atoms with Crippen LogP contribution in [0.25, 0.3) is 33.6 Å². The summed E-state index contributed by atoms with van der Waals surface area (Å²) < 4.78 is 7.95. The molecule has 0 fully saturated rings. The number of benzene rings is 2. The Balaban J connectivity index is 0.00000156. The SMILES string of the molecule is Cc1nc2cc(-c3nc4ccccc4o3)ccc2n1CCN.Cl. The number of aryl methyl sites for hydroxylation is 1. The van der Waals surface area contributed by atoms with E-state index in [1.54, 1.807) is 0 Å². The van der Waals surface area contributed by atoms with Gasteiger partial charge in [-0.15, -0.1) is 12.4 Å². The number of hydrogen-bond acceptors (Lipinski definition) is 4. The molecule has 6 heteroatoms. The molecular weight excluding hydrogens is 312 g/mol. The van der Waals surface area contributed by atoms with Gasteiger partial charge >= 0.3 is 0 Å². The van der Waals surface area contributed by atoms with Crippen molar-refractivity contribution in [2.45, 2.75) is 13.5 Å². The first-order valence-electron chi connectivity index (χ1n) is 7.29. The Labute approximate surface area is 139 Å². The van der Waals surface area contributed by atoms with Gasteiger partial charge in [-0.05, 0) is 37.3 Å². The van der Waals surface area contributed by atoms with Gasteiger partial charge in [-0.1, -0.05) is 12.1 Å². The lowest BCUT2D eigenvalue weighted by Crippen LogP contribution is -2.10. The predicted octanol–water partition coefficient (Wildman–Crippen LogP) is 3.53. The molecule has 0 aliphatic heterocycles. The molecular formula is C17H17ClN4O. The summed E-state index contributed by atoms with van der Waals surface area (Å²) in [4.78, 5) is 9.14. The van der Waals surface area contributed by atoms with Crippen LogP contribution in [0.3, 0.4) is 0 Å². The van der Waals surface area contributed by atoms with Crippen LogP contribution in [-0.4, -0.2) is 21.1 Å². The third-order valence-corrected chi connectivity index (χ3v) is 3.83. The Morgan fingerprint density at radius 1 is 1.09 bits per heavy atom. The third-order valence-electron chi connectivity index (χ3n) is 3.83. The number of para-hydroxylation sites is 2. The average molecular weight is 329 g/mol. The number of nitrogens with two attached hydrogens (primary N) is 1. The molecule has 0 spiro atoms. The quantitative estimate of drug-likeness (QED) is 0.624. The lowest BCUT2D eigenvalue weighted by molar-refractivity contribution is 0.620. The fraction of sp³-hybridized carbons (Fsp3) is 0.176. The molecule has 4 rings (SSSR count). The molecule has 0 unspecified atom stereocenters. The van der Waals surface area contributed by atoms with Crippen LogP contribution in [-0.2, 0) is 6.54 Å². The molecule has 0 amide bonds. The Kier molecular flexibility index (Phi) is 4.07. The average Bonchev–Trinajstić information content (AvgIpc) is 3.09. The van der Waals surface area contributed by atoms with E-state index in [2.05, 4.69) is 20.6 Å². The maximum atomic E-state index is 5.82. The van der Waals surface area contributed by atoms with Crippen LogP contribution in [0, 0.1) is 6.92 Å². The Hall–Kier alpha value is -2.37. The molecule has 0 aliphatic rings. The first-order valence-corrected chi connectivity index (χ1v) is 7.29. The maximum Gasteiger partial charge on any atom is 0.227 e. The molecule has 2 aromatic heterocycles. The van der Waals surface area contributed by atoms with Gasteiger partial charge < -0.3 is 14.7 Å². The fourth-order valence-electron chi connectivity index (χ4n) is 2.79. The highest BCUT2D eigenvalue weighted by Gasteiger charge is 2.12. The van der Waals surface area contributed by atoms with E-state index in [4.69, 9.17) is 10.2 Å². The number of halogens is 1. The van der Waals surface area contributed by atoms with E-state index in [1.807, 2.05) is 43.3 Å². The largest absolute Gasteiger partial charge is 0.436 e. The number of aromatic nitrogens is 3. The van der Waals surface area contributed by atoms with Gasteiger partial charge in [0, 0.05) is 18.7 Å². The molecule has 0 saturated carbocycles. The Morgan fingerprint density at radius 3 is 2.70 bits per heavy atom. The van der Waals surface area contributed by atoms with Crippen LogP contribution in [0.15, 0.2) is 46.9 Å². The minimum atomic E-state index is 0. The maximum absolute atomic E-state index is 5.82. The van der Waals surface area contributed by atoms with Crippen molar-refractivity contribution in [3.63, 3.8) is 0 Å². The molecule has 2 N–H and O–H groups in total. The van der Waals surface area contributed by atoms with Crippen LogP contribution in [0.2, 0.25) is 0 Å². The van der Waals surface area contributed by atoms with Gasteiger partial charge in [0.05, 0.1) is 11.0 Å². The van der Waals surface area contributed by atoms with Crippen LogP contribution >= 0.6 is 12.4 Å². The van der Waals surface area contributed by atoms with Crippen molar-refractivity contribution >= 4 is 34.5 Å². The zero-order valence-electron chi connectivity index (χ0n) is 12.7. The summed E-state index contributed by atoms with van der Waals surface area (Å²) in [5.41, 5.74) is 10.3. The number of fused-ring (bicyclic) bond motifs is 2. The molecule has 0 aliphatic carbocycles. The van der Waals surface area contributed by atoms with Gasteiger partial charge in [0.25, 0.3) is 0 Å². The monoisotopic (exact) mass is 328 g/mol. The second-order valence-electron chi connectivity index (χ2n) is 5.29. The highest BCUT2D eigenvalue weighted by atomic mass is 35.5. The number of imidazole rings is 1. The molecule has 5 nitrogen and oxygen atoms in total. The van der Waals surface area contributed by atoms with E-state index < -0.39 is 0 Å². The van der Waals surface area contributed by atoms with E-state index in [9.17, 15) is 0 Å². The summed E-state index contributed by atoms with van der Waals surface area (Å²) in [6.07, 6.45) is 0. The third kappa shape index (κ3) is 2.58. The molecule has 0 bridgehead atoms. The van der Waals surface area contributed by atoms with Gasteiger partial charge in [-0.2, -0.15) is 0 Å². The number of nitrogens with zero attached hydrogens (tertiary/aromatic N) is 3. The minimum Gasteiger partial charge on any atom is -0.436 e. The van der Waals surface area contributed by atoms with E-state index in [1.165, 1.54) is 0 Å². The van der Waals surface area contributed by atoms with Crippen LogP contribution in [0.5, 0.6) is 0 Å². The van der Waals surface area contributed by atoms with Gasteiger partial charge in [-0.25, -0.2) is 9.97 Å². The van der Waals surface area contributed by atoms with E-state index >= 15 is 0 Å². The van der Waals surface area contributed by atoms with Crippen LogP contribution < -0.4 is 5.73 Å². The van der Waals surface area contributed by atoms with Gasteiger partial charge in [0.15, 0.2) is 5.58 Å².